The third-order valence-electron chi connectivity index (χ3n) is 4.94. The van der Waals surface area contributed by atoms with Crippen molar-refractivity contribution in [1.29, 1.82) is 0 Å². The molecule has 1 aliphatic heterocycles. The van der Waals surface area contributed by atoms with Crippen molar-refractivity contribution in [2.45, 2.75) is 12.8 Å². The number of amides is 2. The molecule has 1 N–H and O–H groups in total. The monoisotopic (exact) mass is 396 g/mol. The van der Waals surface area contributed by atoms with Crippen LogP contribution in [0.2, 0.25) is 0 Å². The van der Waals surface area contributed by atoms with E-state index in [2.05, 4.69) is 5.32 Å². The smallest absolute Gasteiger partial charge is 0.292 e. The summed E-state index contributed by atoms with van der Waals surface area (Å²) in [7, 11) is 0. The van der Waals surface area contributed by atoms with Gasteiger partial charge in [-0.1, -0.05) is 30.3 Å². The zero-order valence-corrected chi connectivity index (χ0v) is 16.1. The van der Waals surface area contributed by atoms with Gasteiger partial charge in [-0.2, -0.15) is 0 Å². The van der Waals surface area contributed by atoms with Crippen LogP contribution in [0.25, 0.3) is 0 Å². The molecule has 0 atom stereocenters. The van der Waals surface area contributed by atoms with Crippen LogP contribution in [-0.2, 0) is 4.79 Å². The van der Waals surface area contributed by atoms with Gasteiger partial charge in [0, 0.05) is 50.8 Å². The lowest BCUT2D eigenvalue weighted by atomic mass is 10.2. The van der Waals surface area contributed by atoms with Crippen LogP contribution in [0.5, 0.6) is 0 Å². The summed E-state index contributed by atoms with van der Waals surface area (Å²) in [6, 6.07) is 15.6. The molecule has 1 saturated heterocycles. The molecule has 3 rings (SSSR count). The summed E-state index contributed by atoms with van der Waals surface area (Å²) in [5, 5.41) is 14.0. The van der Waals surface area contributed by atoms with Gasteiger partial charge in [-0.3, -0.25) is 19.7 Å². The molecule has 0 spiro atoms. The molecular formula is C21H24N4O4. The van der Waals surface area contributed by atoms with Crippen molar-refractivity contribution < 1.29 is 14.5 Å². The first-order chi connectivity index (χ1) is 14.1. The van der Waals surface area contributed by atoms with Gasteiger partial charge in [-0.05, 0) is 24.6 Å². The second-order valence-electron chi connectivity index (χ2n) is 6.84. The highest BCUT2D eigenvalue weighted by Gasteiger charge is 2.25. The Kier molecular flexibility index (Phi) is 6.78. The van der Waals surface area contributed by atoms with E-state index in [1.54, 1.807) is 35.2 Å². The first-order valence-corrected chi connectivity index (χ1v) is 9.65. The molecule has 0 bridgehead atoms. The first kappa shape index (κ1) is 20.3. The summed E-state index contributed by atoms with van der Waals surface area (Å²) in [5.74, 6) is -0.0997. The molecule has 0 aliphatic carbocycles. The van der Waals surface area contributed by atoms with Crippen LogP contribution in [0.1, 0.15) is 23.2 Å². The Bertz CT molecular complexity index is 864. The van der Waals surface area contributed by atoms with E-state index in [0.29, 0.717) is 56.8 Å². The summed E-state index contributed by atoms with van der Waals surface area (Å²) in [6.45, 7) is 2.61. The summed E-state index contributed by atoms with van der Waals surface area (Å²) in [5.41, 5.74) is 1.28. The number of benzene rings is 2. The molecule has 1 heterocycles. The predicted molar refractivity (Wildman–Crippen MR) is 110 cm³/mol. The van der Waals surface area contributed by atoms with Crippen molar-refractivity contribution in [2.75, 3.05) is 37.6 Å². The van der Waals surface area contributed by atoms with Gasteiger partial charge in [0.15, 0.2) is 0 Å². The third-order valence-corrected chi connectivity index (χ3v) is 4.94. The number of nitrogens with one attached hydrogen (secondary N) is 1. The minimum atomic E-state index is -0.378. The number of anilines is 1. The summed E-state index contributed by atoms with van der Waals surface area (Å²) in [4.78, 5) is 39.0. The first-order valence-electron chi connectivity index (χ1n) is 9.65. The van der Waals surface area contributed by atoms with E-state index in [0.717, 1.165) is 0 Å². The molecule has 29 heavy (non-hydrogen) atoms. The van der Waals surface area contributed by atoms with Crippen molar-refractivity contribution in [1.82, 2.24) is 10.2 Å². The van der Waals surface area contributed by atoms with Crippen molar-refractivity contribution in [3.8, 4) is 0 Å². The molecule has 0 saturated carbocycles. The molecule has 0 aromatic heterocycles. The number of carbonyl (C=O) groups is 2. The van der Waals surface area contributed by atoms with Crippen molar-refractivity contribution in [2.24, 2.45) is 0 Å². The SMILES string of the molecule is O=C(NCCCC(=O)N1CCN(c2ccccc2[N+](=O)[O-])CC1)c1ccccc1. The maximum atomic E-state index is 12.4. The molecule has 8 heteroatoms. The molecule has 0 radical (unpaired) electrons. The fourth-order valence-corrected chi connectivity index (χ4v) is 3.37. The molecule has 152 valence electrons. The maximum absolute atomic E-state index is 12.4. The topological polar surface area (TPSA) is 95.8 Å². The van der Waals surface area contributed by atoms with Crippen LogP contribution >= 0.6 is 0 Å². The van der Waals surface area contributed by atoms with E-state index in [-0.39, 0.29) is 22.4 Å². The van der Waals surface area contributed by atoms with Gasteiger partial charge in [-0.15, -0.1) is 0 Å². The van der Waals surface area contributed by atoms with E-state index >= 15 is 0 Å². The fraction of sp³-hybridized carbons (Fsp3) is 0.333. The van der Waals surface area contributed by atoms with Gasteiger partial charge in [0.25, 0.3) is 11.6 Å². The number of hydrogen-bond acceptors (Lipinski definition) is 5. The largest absolute Gasteiger partial charge is 0.362 e. The second kappa shape index (κ2) is 9.68. The van der Waals surface area contributed by atoms with Gasteiger partial charge in [0.05, 0.1) is 4.92 Å². The molecule has 2 aromatic rings. The number of rotatable bonds is 7. The van der Waals surface area contributed by atoms with Crippen molar-refractivity contribution >= 4 is 23.2 Å². The number of nitrogens with zero attached hydrogens (tertiary/aromatic N) is 3. The Labute approximate surface area is 169 Å². The number of nitro benzene ring substituents is 1. The molecule has 2 aromatic carbocycles. The maximum Gasteiger partial charge on any atom is 0.292 e. The third kappa shape index (κ3) is 5.31. The van der Waals surface area contributed by atoms with Gasteiger partial charge in [0.1, 0.15) is 5.69 Å². The zero-order valence-electron chi connectivity index (χ0n) is 16.1. The number of para-hydroxylation sites is 2. The lowest BCUT2D eigenvalue weighted by Gasteiger charge is -2.35. The quantitative estimate of drug-likeness (QED) is 0.441. The molecule has 0 unspecified atom stereocenters. The van der Waals surface area contributed by atoms with Crippen LogP contribution in [0.4, 0.5) is 11.4 Å². The minimum Gasteiger partial charge on any atom is -0.362 e. The molecule has 8 nitrogen and oxygen atoms in total. The lowest BCUT2D eigenvalue weighted by Crippen LogP contribution is -2.49. The number of hydrogen-bond donors (Lipinski definition) is 1. The van der Waals surface area contributed by atoms with Crippen LogP contribution in [0.15, 0.2) is 54.6 Å². The van der Waals surface area contributed by atoms with E-state index < -0.39 is 0 Å². The summed E-state index contributed by atoms with van der Waals surface area (Å²) < 4.78 is 0. The molecule has 1 fully saturated rings. The van der Waals surface area contributed by atoms with Gasteiger partial charge in [0.2, 0.25) is 5.91 Å². The van der Waals surface area contributed by atoms with Crippen LogP contribution < -0.4 is 10.2 Å². The van der Waals surface area contributed by atoms with Crippen molar-refractivity contribution in [3.05, 3.63) is 70.3 Å². The highest BCUT2D eigenvalue weighted by atomic mass is 16.6. The zero-order chi connectivity index (χ0) is 20.6. The molecular weight excluding hydrogens is 372 g/mol. The predicted octanol–water partition coefficient (Wildman–Crippen LogP) is 2.45. The Morgan fingerprint density at radius 1 is 0.966 bits per heavy atom. The molecule has 2 amide bonds. The lowest BCUT2D eigenvalue weighted by molar-refractivity contribution is -0.384. The fourth-order valence-electron chi connectivity index (χ4n) is 3.37. The van der Waals surface area contributed by atoms with E-state index in [9.17, 15) is 19.7 Å². The van der Waals surface area contributed by atoms with Crippen LogP contribution in [0.3, 0.4) is 0 Å². The average molecular weight is 396 g/mol. The van der Waals surface area contributed by atoms with E-state index in [4.69, 9.17) is 0 Å². The van der Waals surface area contributed by atoms with Crippen molar-refractivity contribution in [3.63, 3.8) is 0 Å². The highest BCUT2D eigenvalue weighted by Crippen LogP contribution is 2.28. The van der Waals surface area contributed by atoms with Gasteiger partial charge < -0.3 is 15.1 Å². The number of piperazine rings is 1. The van der Waals surface area contributed by atoms with E-state index in [1.807, 2.05) is 23.1 Å². The van der Waals surface area contributed by atoms with Crippen LogP contribution in [-0.4, -0.2) is 54.4 Å². The van der Waals surface area contributed by atoms with E-state index in [1.165, 1.54) is 6.07 Å². The van der Waals surface area contributed by atoms with Gasteiger partial charge >= 0.3 is 0 Å². The standard InChI is InChI=1S/C21H24N4O4/c26-20(11-6-12-22-21(27)17-7-2-1-3-8-17)24-15-13-23(14-16-24)18-9-4-5-10-19(18)25(28)29/h1-5,7-10H,6,11-16H2,(H,22,27). The second-order valence-corrected chi connectivity index (χ2v) is 6.84. The summed E-state index contributed by atoms with van der Waals surface area (Å²) in [6.07, 6.45) is 0.933. The Balaban J connectivity index is 1.41. The number of carbonyl (C=O) groups excluding carboxylic acids is 2. The average Bonchev–Trinajstić information content (AvgIpc) is 2.77. The summed E-state index contributed by atoms with van der Waals surface area (Å²) >= 11 is 0. The Morgan fingerprint density at radius 3 is 2.31 bits per heavy atom. The highest BCUT2D eigenvalue weighted by molar-refractivity contribution is 5.94. The number of nitro groups is 1. The molecule has 1 aliphatic rings. The van der Waals surface area contributed by atoms with Gasteiger partial charge in [-0.25, -0.2) is 0 Å². The van der Waals surface area contributed by atoms with Crippen LogP contribution in [0, 0.1) is 10.1 Å². The Morgan fingerprint density at radius 2 is 1.62 bits per heavy atom. The minimum absolute atomic E-state index is 0.0428. The normalized spacial score (nSPS) is 13.8. The Hall–Kier alpha value is -3.42.